The minimum Gasteiger partial charge on any atom is -0.399 e. The van der Waals surface area contributed by atoms with Crippen LogP contribution in [-0.4, -0.2) is 17.9 Å². The molecular weight excluding hydrogens is 304 g/mol. The number of carbonyl (C=O) groups is 1. The Balaban J connectivity index is 2.07. The Morgan fingerprint density at radius 3 is 2.26 bits per heavy atom. The fourth-order valence-electron chi connectivity index (χ4n) is 1.78. The second kappa shape index (κ2) is 5.89. The number of nitrogens with zero attached hydrogens (tertiary/aromatic N) is 1. The molecule has 0 aliphatic rings. The average Bonchev–Trinajstić information content (AvgIpc) is 2.41. The molecule has 98 valence electrons. The quantitative estimate of drug-likeness (QED) is 0.882. The summed E-state index contributed by atoms with van der Waals surface area (Å²) in [5.74, 6) is -0.0112. The molecule has 0 unspecified atom stereocenters. The molecule has 2 N–H and O–H groups in total. The molecule has 0 bridgehead atoms. The van der Waals surface area contributed by atoms with Gasteiger partial charge in [0.25, 0.3) is 5.91 Å². The van der Waals surface area contributed by atoms with Gasteiger partial charge >= 0.3 is 0 Å². The van der Waals surface area contributed by atoms with Crippen LogP contribution < -0.4 is 5.73 Å². The Bertz CT molecular complexity index is 564. The second-order valence-corrected chi connectivity index (χ2v) is 5.33. The van der Waals surface area contributed by atoms with Crippen LogP contribution in [0.5, 0.6) is 0 Å². The number of rotatable bonds is 3. The lowest BCUT2D eigenvalue weighted by Gasteiger charge is -2.17. The van der Waals surface area contributed by atoms with E-state index in [9.17, 15) is 4.79 Å². The molecular formula is C15H15BrN2O. The van der Waals surface area contributed by atoms with E-state index in [0.29, 0.717) is 17.8 Å². The number of hydrogen-bond donors (Lipinski definition) is 1. The van der Waals surface area contributed by atoms with Gasteiger partial charge in [0.1, 0.15) is 0 Å². The molecule has 2 aromatic carbocycles. The molecule has 19 heavy (non-hydrogen) atoms. The van der Waals surface area contributed by atoms with Crippen molar-refractivity contribution in [3.8, 4) is 0 Å². The molecule has 0 saturated heterocycles. The first-order valence-electron chi connectivity index (χ1n) is 5.92. The number of nitrogen functional groups attached to an aromatic ring is 1. The van der Waals surface area contributed by atoms with Crippen molar-refractivity contribution in [1.29, 1.82) is 0 Å². The van der Waals surface area contributed by atoms with Crippen LogP contribution in [0.4, 0.5) is 5.69 Å². The van der Waals surface area contributed by atoms with Crippen molar-refractivity contribution in [1.82, 2.24) is 4.90 Å². The molecule has 2 rings (SSSR count). The number of anilines is 1. The van der Waals surface area contributed by atoms with Gasteiger partial charge in [-0.3, -0.25) is 4.79 Å². The third-order valence-corrected chi connectivity index (χ3v) is 3.37. The monoisotopic (exact) mass is 318 g/mol. The third kappa shape index (κ3) is 3.58. The fraction of sp³-hybridized carbons (Fsp3) is 0.133. The number of carbonyl (C=O) groups excluding carboxylic acids is 1. The molecule has 0 aromatic heterocycles. The molecule has 2 aromatic rings. The molecule has 0 radical (unpaired) electrons. The van der Waals surface area contributed by atoms with E-state index in [0.717, 1.165) is 10.0 Å². The average molecular weight is 319 g/mol. The van der Waals surface area contributed by atoms with Crippen LogP contribution in [-0.2, 0) is 6.54 Å². The molecule has 0 fully saturated rings. The summed E-state index contributed by atoms with van der Waals surface area (Å²) in [5, 5.41) is 0. The molecule has 0 aliphatic carbocycles. The van der Waals surface area contributed by atoms with Gasteiger partial charge in [-0.2, -0.15) is 0 Å². The molecule has 0 heterocycles. The zero-order valence-corrected chi connectivity index (χ0v) is 12.2. The largest absolute Gasteiger partial charge is 0.399 e. The lowest BCUT2D eigenvalue weighted by molar-refractivity contribution is 0.0785. The lowest BCUT2D eigenvalue weighted by atomic mass is 10.1. The summed E-state index contributed by atoms with van der Waals surface area (Å²) in [6, 6.07) is 14.9. The smallest absolute Gasteiger partial charge is 0.253 e. The maximum atomic E-state index is 12.2. The van der Waals surface area contributed by atoms with E-state index in [1.165, 1.54) is 0 Å². The van der Waals surface area contributed by atoms with Crippen molar-refractivity contribution in [2.45, 2.75) is 6.54 Å². The number of halogens is 1. The van der Waals surface area contributed by atoms with E-state index < -0.39 is 0 Å². The highest BCUT2D eigenvalue weighted by Gasteiger charge is 2.11. The molecule has 1 amide bonds. The van der Waals surface area contributed by atoms with Gasteiger partial charge in [-0.15, -0.1) is 0 Å². The van der Waals surface area contributed by atoms with E-state index in [4.69, 9.17) is 5.73 Å². The molecule has 0 spiro atoms. The van der Waals surface area contributed by atoms with E-state index in [-0.39, 0.29) is 5.91 Å². The van der Waals surface area contributed by atoms with Crippen molar-refractivity contribution in [2.75, 3.05) is 12.8 Å². The van der Waals surface area contributed by atoms with Crippen LogP contribution in [0.1, 0.15) is 15.9 Å². The zero-order valence-electron chi connectivity index (χ0n) is 10.6. The number of nitrogens with two attached hydrogens (primary N) is 1. The van der Waals surface area contributed by atoms with Gasteiger partial charge in [-0.25, -0.2) is 0 Å². The van der Waals surface area contributed by atoms with E-state index in [1.807, 2.05) is 24.3 Å². The van der Waals surface area contributed by atoms with Gasteiger partial charge in [0.05, 0.1) is 0 Å². The number of amides is 1. The predicted octanol–water partition coefficient (Wildman–Crippen LogP) is 3.30. The highest BCUT2D eigenvalue weighted by Crippen LogP contribution is 2.13. The maximum Gasteiger partial charge on any atom is 0.253 e. The van der Waals surface area contributed by atoms with E-state index in [2.05, 4.69) is 15.9 Å². The second-order valence-electron chi connectivity index (χ2n) is 4.41. The summed E-state index contributed by atoms with van der Waals surface area (Å²) in [5.41, 5.74) is 8.01. The lowest BCUT2D eigenvalue weighted by Crippen LogP contribution is -2.26. The van der Waals surface area contributed by atoms with E-state index >= 15 is 0 Å². The summed E-state index contributed by atoms with van der Waals surface area (Å²) in [7, 11) is 1.79. The van der Waals surface area contributed by atoms with Crippen LogP contribution in [0.25, 0.3) is 0 Å². The zero-order chi connectivity index (χ0) is 13.8. The first-order valence-corrected chi connectivity index (χ1v) is 6.71. The fourth-order valence-corrected chi connectivity index (χ4v) is 2.05. The van der Waals surface area contributed by atoms with Crippen molar-refractivity contribution >= 4 is 27.5 Å². The molecule has 0 saturated carbocycles. The molecule has 0 aliphatic heterocycles. The standard InChI is InChI=1S/C15H15BrN2O/c1-18(10-11-2-6-13(16)7-3-11)15(19)12-4-8-14(17)9-5-12/h2-9H,10,17H2,1H3. The Morgan fingerprint density at radius 1 is 1.11 bits per heavy atom. The SMILES string of the molecule is CN(Cc1ccc(Br)cc1)C(=O)c1ccc(N)cc1. The summed E-state index contributed by atoms with van der Waals surface area (Å²) in [4.78, 5) is 13.9. The molecule has 3 nitrogen and oxygen atoms in total. The highest BCUT2D eigenvalue weighted by atomic mass is 79.9. The Morgan fingerprint density at radius 2 is 1.68 bits per heavy atom. The van der Waals surface area contributed by atoms with Gasteiger partial charge < -0.3 is 10.6 Å². The Hall–Kier alpha value is -1.81. The first kappa shape index (κ1) is 13.6. The molecule has 0 atom stereocenters. The normalized spacial score (nSPS) is 10.2. The maximum absolute atomic E-state index is 12.2. The van der Waals surface area contributed by atoms with Crippen molar-refractivity contribution in [2.24, 2.45) is 0 Å². The topological polar surface area (TPSA) is 46.3 Å². The number of benzene rings is 2. The highest BCUT2D eigenvalue weighted by molar-refractivity contribution is 9.10. The number of hydrogen-bond acceptors (Lipinski definition) is 2. The van der Waals surface area contributed by atoms with Crippen LogP contribution >= 0.6 is 15.9 Å². The van der Waals surface area contributed by atoms with Crippen LogP contribution in [0, 0.1) is 0 Å². The molecule has 4 heteroatoms. The van der Waals surface area contributed by atoms with Crippen LogP contribution in [0.2, 0.25) is 0 Å². The summed E-state index contributed by atoms with van der Waals surface area (Å²) < 4.78 is 1.03. The third-order valence-electron chi connectivity index (χ3n) is 2.84. The predicted molar refractivity (Wildman–Crippen MR) is 80.8 cm³/mol. The summed E-state index contributed by atoms with van der Waals surface area (Å²) >= 11 is 3.39. The van der Waals surface area contributed by atoms with Crippen molar-refractivity contribution in [3.05, 3.63) is 64.1 Å². The first-order chi connectivity index (χ1) is 9.06. The minimum atomic E-state index is -0.0112. The van der Waals surface area contributed by atoms with E-state index in [1.54, 1.807) is 36.2 Å². The van der Waals surface area contributed by atoms with Crippen molar-refractivity contribution < 1.29 is 4.79 Å². The van der Waals surface area contributed by atoms with Gasteiger partial charge in [0.2, 0.25) is 0 Å². The Kier molecular flexibility index (Phi) is 4.22. The Labute approximate surface area is 121 Å². The van der Waals surface area contributed by atoms with Gasteiger partial charge in [0, 0.05) is 29.3 Å². The van der Waals surface area contributed by atoms with Gasteiger partial charge in [0.15, 0.2) is 0 Å². The summed E-state index contributed by atoms with van der Waals surface area (Å²) in [6.07, 6.45) is 0. The van der Waals surface area contributed by atoms with Crippen molar-refractivity contribution in [3.63, 3.8) is 0 Å². The van der Waals surface area contributed by atoms with Gasteiger partial charge in [-0.05, 0) is 42.0 Å². The van der Waals surface area contributed by atoms with Gasteiger partial charge in [-0.1, -0.05) is 28.1 Å². The minimum absolute atomic E-state index is 0.0112. The van der Waals surface area contributed by atoms with Crippen LogP contribution in [0.3, 0.4) is 0 Å². The van der Waals surface area contributed by atoms with Crippen LogP contribution in [0.15, 0.2) is 53.0 Å². The summed E-state index contributed by atoms with van der Waals surface area (Å²) in [6.45, 7) is 0.580.